The fourth-order valence-corrected chi connectivity index (χ4v) is 4.35. The summed E-state index contributed by atoms with van der Waals surface area (Å²) < 4.78 is 8.63. The molecule has 4 rings (SSSR count). The zero-order valence-electron chi connectivity index (χ0n) is 14.0. The van der Waals surface area contributed by atoms with Gasteiger partial charge in [0.15, 0.2) is 0 Å². The van der Waals surface area contributed by atoms with Gasteiger partial charge in [0.05, 0.1) is 6.04 Å². The lowest BCUT2D eigenvalue weighted by atomic mass is 9.60. The van der Waals surface area contributed by atoms with E-state index in [1.165, 1.54) is 18.5 Å². The molecule has 0 N–H and O–H groups in total. The molecule has 2 heterocycles. The van der Waals surface area contributed by atoms with Crippen molar-refractivity contribution in [2.24, 2.45) is 5.41 Å². The first-order chi connectivity index (χ1) is 10.7. The lowest BCUT2D eigenvalue weighted by Gasteiger charge is -2.58. The second-order valence-electron chi connectivity index (χ2n) is 8.51. The minimum atomic E-state index is -0.414. The summed E-state index contributed by atoms with van der Waals surface area (Å²) in [6.45, 7) is 7.40. The van der Waals surface area contributed by atoms with Crippen LogP contribution in [-0.4, -0.2) is 39.5 Å². The summed E-state index contributed by atoms with van der Waals surface area (Å²) in [6, 6.07) is 2.67. The van der Waals surface area contributed by atoms with Crippen molar-refractivity contribution in [3.63, 3.8) is 0 Å². The predicted molar refractivity (Wildman–Crippen MR) is 90.4 cm³/mol. The molecule has 2 aliphatic carbocycles. The fourth-order valence-electron chi connectivity index (χ4n) is 3.94. The predicted octanol–water partition coefficient (Wildman–Crippen LogP) is 4.10. The molecule has 0 radical (unpaired) electrons. The molecule has 5 nitrogen and oxygen atoms in total. The Morgan fingerprint density at radius 3 is 2.57 bits per heavy atom. The van der Waals surface area contributed by atoms with E-state index in [2.05, 4.69) is 31.8 Å². The van der Waals surface area contributed by atoms with Gasteiger partial charge in [-0.3, -0.25) is 4.68 Å². The van der Waals surface area contributed by atoms with Crippen LogP contribution in [0.15, 0.2) is 10.7 Å². The van der Waals surface area contributed by atoms with Crippen LogP contribution in [0.4, 0.5) is 4.79 Å². The number of rotatable bonds is 2. The van der Waals surface area contributed by atoms with Crippen molar-refractivity contribution in [3.8, 4) is 0 Å². The topological polar surface area (TPSA) is 47.4 Å². The first kappa shape index (κ1) is 15.5. The number of hydrogen-bond acceptors (Lipinski definition) is 3. The van der Waals surface area contributed by atoms with Gasteiger partial charge in [0.1, 0.15) is 10.2 Å². The molecule has 1 amide bonds. The van der Waals surface area contributed by atoms with E-state index in [1.807, 2.05) is 25.7 Å². The van der Waals surface area contributed by atoms with Crippen LogP contribution in [0.3, 0.4) is 0 Å². The molecular weight excluding hydrogens is 358 g/mol. The highest BCUT2D eigenvalue weighted by atomic mass is 79.9. The Bertz CT molecular complexity index is 631. The van der Waals surface area contributed by atoms with Crippen LogP contribution in [0.2, 0.25) is 0 Å². The minimum Gasteiger partial charge on any atom is -0.444 e. The van der Waals surface area contributed by atoms with E-state index in [9.17, 15) is 4.79 Å². The number of carbonyl (C=O) groups excluding carboxylic acids is 1. The molecule has 23 heavy (non-hydrogen) atoms. The van der Waals surface area contributed by atoms with Crippen molar-refractivity contribution in [3.05, 3.63) is 16.4 Å². The lowest BCUT2D eigenvalue weighted by Crippen LogP contribution is -2.64. The minimum absolute atomic E-state index is 0.174. The van der Waals surface area contributed by atoms with Gasteiger partial charge in [-0.15, -0.1) is 0 Å². The Morgan fingerprint density at radius 1 is 1.35 bits per heavy atom. The average molecular weight is 382 g/mol. The van der Waals surface area contributed by atoms with Gasteiger partial charge in [-0.05, 0) is 68.5 Å². The number of halogens is 1. The molecular formula is C17H24BrN3O2. The number of amides is 1. The van der Waals surface area contributed by atoms with E-state index < -0.39 is 5.60 Å². The second kappa shape index (κ2) is 4.98. The summed E-state index contributed by atoms with van der Waals surface area (Å²) in [5, 5.41) is 4.65. The maximum Gasteiger partial charge on any atom is 0.410 e. The fraction of sp³-hybridized carbons (Fsp3) is 0.765. The molecule has 3 fully saturated rings. The summed E-state index contributed by atoms with van der Waals surface area (Å²) in [6.07, 6.45) is 4.66. The van der Waals surface area contributed by atoms with Crippen LogP contribution in [-0.2, 0) is 4.74 Å². The molecule has 1 aromatic rings. The molecule has 1 saturated heterocycles. The molecule has 1 aliphatic heterocycles. The Balaban J connectivity index is 1.34. The van der Waals surface area contributed by atoms with E-state index in [4.69, 9.17) is 4.74 Å². The van der Waals surface area contributed by atoms with Gasteiger partial charge < -0.3 is 9.64 Å². The van der Waals surface area contributed by atoms with Crippen LogP contribution < -0.4 is 0 Å². The van der Waals surface area contributed by atoms with Gasteiger partial charge in [0.25, 0.3) is 0 Å². The van der Waals surface area contributed by atoms with Crippen molar-refractivity contribution in [2.45, 2.75) is 64.0 Å². The zero-order chi connectivity index (χ0) is 16.4. The lowest BCUT2D eigenvalue weighted by molar-refractivity contribution is -0.0932. The Hall–Kier alpha value is -1.04. The Labute approximate surface area is 145 Å². The summed E-state index contributed by atoms with van der Waals surface area (Å²) in [4.78, 5) is 13.9. The molecule has 6 heteroatoms. The maximum absolute atomic E-state index is 12.1. The molecule has 1 spiro atoms. The van der Waals surface area contributed by atoms with Crippen molar-refractivity contribution in [1.29, 1.82) is 0 Å². The van der Waals surface area contributed by atoms with Crippen molar-refractivity contribution < 1.29 is 9.53 Å². The first-order valence-electron chi connectivity index (χ1n) is 8.48. The molecule has 0 bridgehead atoms. The Kier molecular flexibility index (Phi) is 3.35. The molecule has 2 saturated carbocycles. The Morgan fingerprint density at radius 2 is 2.00 bits per heavy atom. The van der Waals surface area contributed by atoms with Crippen LogP contribution in [0, 0.1) is 5.41 Å². The summed E-state index contributed by atoms with van der Waals surface area (Å²) in [7, 11) is 0. The molecule has 0 atom stereocenters. The number of ether oxygens (including phenoxy) is 1. The van der Waals surface area contributed by atoms with Crippen LogP contribution in [0.25, 0.3) is 0 Å². The summed E-state index contributed by atoms with van der Waals surface area (Å²) >= 11 is 3.52. The maximum atomic E-state index is 12.1. The van der Waals surface area contributed by atoms with Gasteiger partial charge in [0, 0.05) is 30.1 Å². The van der Waals surface area contributed by atoms with E-state index in [0.29, 0.717) is 17.4 Å². The zero-order valence-corrected chi connectivity index (χ0v) is 15.6. The third-order valence-corrected chi connectivity index (χ3v) is 5.51. The number of carbonyl (C=O) groups is 1. The van der Waals surface area contributed by atoms with E-state index in [-0.39, 0.29) is 6.09 Å². The van der Waals surface area contributed by atoms with Crippen molar-refractivity contribution in [1.82, 2.24) is 14.7 Å². The second-order valence-corrected chi connectivity index (χ2v) is 9.32. The number of nitrogens with zero attached hydrogens (tertiary/aromatic N) is 3. The van der Waals surface area contributed by atoms with Crippen molar-refractivity contribution >= 4 is 22.0 Å². The molecule has 0 aromatic carbocycles. The SMILES string of the molecule is CC(C)(C)OC(=O)N1CC2(CC(n3nc(Br)cc3C3CC3)C2)C1. The smallest absolute Gasteiger partial charge is 0.410 e. The first-order valence-corrected chi connectivity index (χ1v) is 9.27. The highest BCUT2D eigenvalue weighted by Crippen LogP contribution is 2.55. The number of hydrogen-bond donors (Lipinski definition) is 0. The van der Waals surface area contributed by atoms with Crippen molar-refractivity contribution in [2.75, 3.05) is 13.1 Å². The van der Waals surface area contributed by atoms with Gasteiger partial charge in [0.2, 0.25) is 0 Å². The normalized spacial score (nSPS) is 23.6. The molecule has 3 aliphatic rings. The van der Waals surface area contributed by atoms with Gasteiger partial charge >= 0.3 is 6.09 Å². The quantitative estimate of drug-likeness (QED) is 0.774. The van der Waals surface area contributed by atoms with E-state index in [0.717, 1.165) is 30.5 Å². The molecule has 0 unspecified atom stereocenters. The summed E-state index contributed by atoms with van der Waals surface area (Å²) in [5.41, 5.74) is 1.28. The standard InChI is InChI=1S/C17H24BrN3O2/c1-16(2,3)23-15(22)20-9-17(10-20)7-12(8-17)21-13(11-4-5-11)6-14(18)19-21/h6,11-12H,4-5,7-10H2,1-3H3. The highest BCUT2D eigenvalue weighted by Gasteiger charge is 2.55. The largest absolute Gasteiger partial charge is 0.444 e. The number of aromatic nitrogens is 2. The van der Waals surface area contributed by atoms with Crippen LogP contribution in [0.1, 0.15) is 64.1 Å². The van der Waals surface area contributed by atoms with E-state index >= 15 is 0 Å². The van der Waals surface area contributed by atoms with Crippen LogP contribution in [0.5, 0.6) is 0 Å². The highest BCUT2D eigenvalue weighted by molar-refractivity contribution is 9.10. The third kappa shape index (κ3) is 2.90. The monoisotopic (exact) mass is 381 g/mol. The van der Waals surface area contributed by atoms with Gasteiger partial charge in [-0.1, -0.05) is 0 Å². The third-order valence-electron chi connectivity index (χ3n) is 5.12. The number of likely N-dealkylation sites (tertiary alicyclic amines) is 1. The summed E-state index contributed by atoms with van der Waals surface area (Å²) in [5.74, 6) is 0.713. The molecule has 126 valence electrons. The van der Waals surface area contributed by atoms with Gasteiger partial charge in [-0.2, -0.15) is 5.10 Å². The van der Waals surface area contributed by atoms with E-state index in [1.54, 1.807) is 0 Å². The molecule has 1 aromatic heterocycles. The van der Waals surface area contributed by atoms with Gasteiger partial charge in [-0.25, -0.2) is 4.79 Å². The average Bonchev–Trinajstić information content (AvgIpc) is 3.08. The van der Waals surface area contributed by atoms with Crippen LogP contribution >= 0.6 is 15.9 Å².